The standard InChI is InChI=1S/C21H21N3O2/c1-15-8-10-17(11-9-15)13-22-19(25)14-26-20-12-16(2)23-21(24-20)18-6-4-3-5-7-18/h3-12H,13-14H2,1-2H3,(H,22,25). The molecule has 0 radical (unpaired) electrons. The molecule has 0 fully saturated rings. The van der Waals surface area contributed by atoms with Crippen LogP contribution in [0.3, 0.4) is 0 Å². The number of hydrogen-bond donors (Lipinski definition) is 1. The van der Waals surface area contributed by atoms with Gasteiger partial charge in [0.2, 0.25) is 5.88 Å². The van der Waals surface area contributed by atoms with E-state index >= 15 is 0 Å². The molecule has 0 saturated carbocycles. The van der Waals surface area contributed by atoms with Crippen molar-refractivity contribution in [3.63, 3.8) is 0 Å². The van der Waals surface area contributed by atoms with Gasteiger partial charge in [0.25, 0.3) is 5.91 Å². The normalized spacial score (nSPS) is 10.4. The minimum Gasteiger partial charge on any atom is -0.467 e. The summed E-state index contributed by atoms with van der Waals surface area (Å²) in [6.45, 7) is 4.29. The quantitative estimate of drug-likeness (QED) is 0.742. The summed E-state index contributed by atoms with van der Waals surface area (Å²) >= 11 is 0. The maximum Gasteiger partial charge on any atom is 0.258 e. The average Bonchev–Trinajstić information content (AvgIpc) is 2.66. The zero-order chi connectivity index (χ0) is 18.4. The van der Waals surface area contributed by atoms with Crippen LogP contribution in [0.4, 0.5) is 0 Å². The summed E-state index contributed by atoms with van der Waals surface area (Å²) in [4.78, 5) is 20.8. The predicted octanol–water partition coefficient (Wildman–Crippen LogP) is 3.46. The van der Waals surface area contributed by atoms with Gasteiger partial charge in [-0.25, -0.2) is 4.98 Å². The van der Waals surface area contributed by atoms with Crippen LogP contribution in [0.1, 0.15) is 16.8 Å². The van der Waals surface area contributed by atoms with Crippen LogP contribution in [0.25, 0.3) is 11.4 Å². The molecule has 0 aliphatic carbocycles. The Labute approximate surface area is 153 Å². The van der Waals surface area contributed by atoms with Crippen molar-refractivity contribution < 1.29 is 9.53 Å². The van der Waals surface area contributed by atoms with Crippen molar-refractivity contribution >= 4 is 5.91 Å². The Kier molecular flexibility index (Phi) is 5.59. The van der Waals surface area contributed by atoms with Gasteiger partial charge in [-0.2, -0.15) is 4.98 Å². The Morgan fingerprint density at radius 2 is 1.73 bits per heavy atom. The van der Waals surface area contributed by atoms with E-state index in [4.69, 9.17) is 4.74 Å². The lowest BCUT2D eigenvalue weighted by atomic mass is 10.1. The lowest BCUT2D eigenvalue weighted by molar-refractivity contribution is -0.123. The SMILES string of the molecule is Cc1ccc(CNC(=O)COc2cc(C)nc(-c3ccccc3)n2)cc1. The fourth-order valence-corrected chi connectivity index (χ4v) is 2.43. The van der Waals surface area contributed by atoms with Gasteiger partial charge in [0.05, 0.1) is 0 Å². The minimum absolute atomic E-state index is 0.0868. The second-order valence-corrected chi connectivity index (χ2v) is 6.09. The number of amides is 1. The van der Waals surface area contributed by atoms with E-state index in [-0.39, 0.29) is 12.5 Å². The number of benzene rings is 2. The summed E-state index contributed by atoms with van der Waals surface area (Å²) in [5.74, 6) is 0.783. The second kappa shape index (κ2) is 8.25. The Balaban J connectivity index is 1.58. The number of aryl methyl sites for hydroxylation is 2. The summed E-state index contributed by atoms with van der Waals surface area (Å²) in [6.07, 6.45) is 0. The molecule has 3 rings (SSSR count). The monoisotopic (exact) mass is 347 g/mol. The molecule has 0 bridgehead atoms. The van der Waals surface area contributed by atoms with E-state index < -0.39 is 0 Å². The van der Waals surface area contributed by atoms with Gasteiger partial charge in [0.15, 0.2) is 12.4 Å². The van der Waals surface area contributed by atoms with Gasteiger partial charge < -0.3 is 10.1 Å². The van der Waals surface area contributed by atoms with Gasteiger partial charge in [-0.15, -0.1) is 0 Å². The first-order chi connectivity index (χ1) is 12.6. The third-order valence-electron chi connectivity index (χ3n) is 3.82. The number of carbonyl (C=O) groups excluding carboxylic acids is 1. The highest BCUT2D eigenvalue weighted by Gasteiger charge is 2.08. The van der Waals surface area contributed by atoms with Crippen molar-refractivity contribution in [2.24, 2.45) is 0 Å². The largest absolute Gasteiger partial charge is 0.467 e. The molecule has 0 unspecified atom stereocenters. The highest BCUT2D eigenvalue weighted by molar-refractivity contribution is 5.77. The van der Waals surface area contributed by atoms with Crippen LogP contribution in [0, 0.1) is 13.8 Å². The number of hydrogen-bond acceptors (Lipinski definition) is 4. The number of ether oxygens (including phenoxy) is 1. The van der Waals surface area contributed by atoms with Gasteiger partial charge in [-0.05, 0) is 19.4 Å². The number of aromatic nitrogens is 2. The van der Waals surface area contributed by atoms with Crippen LogP contribution in [0.2, 0.25) is 0 Å². The van der Waals surface area contributed by atoms with Crippen molar-refractivity contribution in [2.75, 3.05) is 6.61 Å². The van der Waals surface area contributed by atoms with Gasteiger partial charge in [0, 0.05) is 23.9 Å². The first-order valence-corrected chi connectivity index (χ1v) is 8.46. The Bertz CT molecular complexity index is 878. The van der Waals surface area contributed by atoms with E-state index in [2.05, 4.69) is 15.3 Å². The van der Waals surface area contributed by atoms with Gasteiger partial charge >= 0.3 is 0 Å². The van der Waals surface area contributed by atoms with Crippen LogP contribution in [0.15, 0.2) is 60.7 Å². The van der Waals surface area contributed by atoms with E-state index in [9.17, 15) is 4.79 Å². The summed E-state index contributed by atoms with van der Waals surface area (Å²) < 4.78 is 5.56. The third kappa shape index (κ3) is 4.89. The third-order valence-corrected chi connectivity index (χ3v) is 3.82. The smallest absolute Gasteiger partial charge is 0.258 e. The van der Waals surface area contributed by atoms with E-state index in [1.165, 1.54) is 5.56 Å². The van der Waals surface area contributed by atoms with E-state index in [1.807, 2.05) is 68.4 Å². The maximum absolute atomic E-state index is 12.0. The summed E-state index contributed by atoms with van der Waals surface area (Å²) in [6, 6.07) is 19.4. The van der Waals surface area contributed by atoms with Crippen molar-refractivity contribution in [3.8, 4) is 17.3 Å². The molecule has 0 saturated heterocycles. The zero-order valence-electron chi connectivity index (χ0n) is 14.9. The average molecular weight is 347 g/mol. The molecule has 0 atom stereocenters. The topological polar surface area (TPSA) is 64.1 Å². The molecule has 0 spiro atoms. The van der Waals surface area contributed by atoms with E-state index in [0.717, 1.165) is 16.8 Å². The molecule has 26 heavy (non-hydrogen) atoms. The van der Waals surface area contributed by atoms with Crippen molar-refractivity contribution in [2.45, 2.75) is 20.4 Å². The molecule has 0 aliphatic heterocycles. The lowest BCUT2D eigenvalue weighted by Crippen LogP contribution is -2.28. The molecule has 1 amide bonds. The van der Waals surface area contributed by atoms with Crippen molar-refractivity contribution in [3.05, 3.63) is 77.5 Å². The fraction of sp³-hybridized carbons (Fsp3) is 0.190. The van der Waals surface area contributed by atoms with Crippen molar-refractivity contribution in [1.29, 1.82) is 0 Å². The Hall–Kier alpha value is -3.21. The van der Waals surface area contributed by atoms with Gasteiger partial charge in [-0.1, -0.05) is 60.2 Å². The van der Waals surface area contributed by atoms with Crippen molar-refractivity contribution in [1.82, 2.24) is 15.3 Å². The summed E-state index contributed by atoms with van der Waals surface area (Å²) in [5, 5.41) is 2.84. The van der Waals surface area contributed by atoms with Crippen LogP contribution < -0.4 is 10.1 Å². The molecular formula is C21H21N3O2. The first-order valence-electron chi connectivity index (χ1n) is 8.46. The number of nitrogens with one attached hydrogen (secondary N) is 1. The van der Waals surface area contributed by atoms with Crippen LogP contribution in [0.5, 0.6) is 5.88 Å². The first kappa shape index (κ1) is 17.6. The van der Waals surface area contributed by atoms with Crippen LogP contribution in [-0.2, 0) is 11.3 Å². The summed E-state index contributed by atoms with van der Waals surface area (Å²) in [5.41, 5.74) is 3.93. The second-order valence-electron chi connectivity index (χ2n) is 6.09. The van der Waals surface area contributed by atoms with Crippen LogP contribution >= 0.6 is 0 Å². The number of nitrogens with zero attached hydrogens (tertiary/aromatic N) is 2. The van der Waals surface area contributed by atoms with E-state index in [1.54, 1.807) is 6.07 Å². The Morgan fingerprint density at radius 3 is 2.46 bits per heavy atom. The number of carbonyl (C=O) groups is 1. The van der Waals surface area contributed by atoms with Gasteiger partial charge in [0.1, 0.15) is 0 Å². The molecule has 1 aromatic heterocycles. The minimum atomic E-state index is -0.192. The predicted molar refractivity (Wildman–Crippen MR) is 101 cm³/mol. The number of rotatable bonds is 6. The fourth-order valence-electron chi connectivity index (χ4n) is 2.43. The molecule has 1 N–H and O–H groups in total. The van der Waals surface area contributed by atoms with E-state index in [0.29, 0.717) is 18.2 Å². The molecule has 5 heteroatoms. The molecule has 2 aromatic carbocycles. The Morgan fingerprint density at radius 1 is 1.00 bits per heavy atom. The highest BCUT2D eigenvalue weighted by atomic mass is 16.5. The lowest BCUT2D eigenvalue weighted by Gasteiger charge is -2.09. The highest BCUT2D eigenvalue weighted by Crippen LogP contribution is 2.18. The molecule has 3 aromatic rings. The maximum atomic E-state index is 12.0. The molecule has 5 nitrogen and oxygen atoms in total. The van der Waals surface area contributed by atoms with Crippen LogP contribution in [-0.4, -0.2) is 22.5 Å². The summed E-state index contributed by atoms with van der Waals surface area (Å²) in [7, 11) is 0. The molecule has 132 valence electrons. The molecule has 1 heterocycles. The molecule has 0 aliphatic rings. The van der Waals surface area contributed by atoms with Gasteiger partial charge in [-0.3, -0.25) is 4.79 Å². The molecular weight excluding hydrogens is 326 g/mol. The zero-order valence-corrected chi connectivity index (χ0v) is 14.9.